The molecule has 0 radical (unpaired) electrons. The summed E-state index contributed by atoms with van der Waals surface area (Å²) in [6.07, 6.45) is -2.19. The Kier molecular flexibility index (Phi) is 13.9. The molecular weight excluding hydrogens is 591 g/mol. The summed E-state index contributed by atoms with van der Waals surface area (Å²) >= 11 is 1.07. The molecule has 1 saturated heterocycles. The molecule has 15 heteroatoms. The van der Waals surface area contributed by atoms with E-state index in [0.29, 0.717) is 6.61 Å². The minimum Gasteiger partial charge on any atom is -0.469 e. The number of alkyl carbamates (subject to hydrolysis) is 1. The summed E-state index contributed by atoms with van der Waals surface area (Å²) in [4.78, 5) is 48.9. The van der Waals surface area contributed by atoms with Gasteiger partial charge in [-0.3, -0.25) is 23.4 Å². The number of amides is 2. The fourth-order valence-electron chi connectivity index (χ4n) is 3.35. The normalized spacial score (nSPS) is 20.7. The minimum absolute atomic E-state index is 0.00733. The molecule has 13 nitrogen and oxygen atoms in total. The number of carbonyl (C=O) groups is 4. The van der Waals surface area contributed by atoms with Crippen LogP contribution in [0.2, 0.25) is 0 Å². The topological polar surface area (TPSA) is 165 Å². The zero-order valence-corrected chi connectivity index (χ0v) is 26.5. The van der Waals surface area contributed by atoms with E-state index in [1.54, 1.807) is 34.6 Å². The number of nitrogens with one attached hydrogen (secondary N) is 2. The van der Waals surface area contributed by atoms with Gasteiger partial charge in [-0.25, -0.2) is 13.9 Å². The quantitative estimate of drug-likeness (QED) is 0.173. The number of hydrogen-bond acceptors (Lipinski definition) is 12. The zero-order valence-electron chi connectivity index (χ0n) is 24.8. The van der Waals surface area contributed by atoms with Gasteiger partial charge in [-0.1, -0.05) is 76.7 Å². The van der Waals surface area contributed by atoms with Crippen LogP contribution in [0, 0.1) is 10.8 Å². The second-order valence-corrected chi connectivity index (χ2v) is 13.8. The Bertz CT molecular complexity index is 1110. The number of thioether (sulfide) groups is 1. The van der Waals surface area contributed by atoms with Gasteiger partial charge in [0.15, 0.2) is 11.2 Å². The third-order valence-electron chi connectivity index (χ3n) is 5.81. The van der Waals surface area contributed by atoms with Crippen LogP contribution >= 0.6 is 19.6 Å². The molecule has 1 aliphatic heterocycles. The molecule has 236 valence electrons. The molecule has 1 fully saturated rings. The van der Waals surface area contributed by atoms with E-state index in [-0.39, 0.29) is 37.0 Å². The predicted molar refractivity (Wildman–Crippen MR) is 154 cm³/mol. The number of rotatable bonds is 14. The molecule has 0 spiro atoms. The highest BCUT2D eigenvalue weighted by molar-refractivity contribution is 8.13. The van der Waals surface area contributed by atoms with E-state index in [2.05, 4.69) is 15.4 Å². The van der Waals surface area contributed by atoms with E-state index in [1.807, 2.05) is 30.3 Å². The second-order valence-electron chi connectivity index (χ2n) is 11.2. The lowest BCUT2D eigenvalue weighted by Crippen LogP contribution is -2.50. The first kappa shape index (κ1) is 35.7. The van der Waals surface area contributed by atoms with Gasteiger partial charge >= 0.3 is 19.9 Å². The summed E-state index contributed by atoms with van der Waals surface area (Å²) in [7, 11) is -3.04. The number of phosphoric ester groups is 1. The van der Waals surface area contributed by atoms with Crippen molar-refractivity contribution in [1.29, 1.82) is 0 Å². The smallest absolute Gasteiger partial charge is 0.469 e. The summed E-state index contributed by atoms with van der Waals surface area (Å²) < 4.78 is 44.1. The van der Waals surface area contributed by atoms with Crippen molar-refractivity contribution in [3.05, 3.63) is 35.9 Å². The molecule has 1 aliphatic rings. The first-order chi connectivity index (χ1) is 19.6. The standard InChI is InChI=1S/C27H41N2O11PS/c1-26(2,3)24(32)42-16-20(15-36-14-19-10-8-7-9-11-19)29-25(33)37-18-39-41(34)38-17-27(4,5)22(40-41)23(31)28-13-12-21(30)35-6/h7-11,20,22H,12-18H2,1-6H3,(H,28,31)(H,29,33)/t20-,22+,41-/m1/s1. The highest BCUT2D eigenvalue weighted by atomic mass is 32.2. The van der Waals surface area contributed by atoms with Gasteiger partial charge in [0, 0.05) is 23.1 Å². The molecule has 0 unspecified atom stereocenters. The van der Waals surface area contributed by atoms with Gasteiger partial charge in [0.1, 0.15) is 0 Å². The van der Waals surface area contributed by atoms with Crippen LogP contribution in [0.25, 0.3) is 0 Å². The highest BCUT2D eigenvalue weighted by Crippen LogP contribution is 2.57. The van der Waals surface area contributed by atoms with Gasteiger partial charge in [0.25, 0.3) is 0 Å². The molecule has 42 heavy (non-hydrogen) atoms. The monoisotopic (exact) mass is 632 g/mol. The van der Waals surface area contributed by atoms with Crippen molar-refractivity contribution in [2.75, 3.05) is 39.4 Å². The lowest BCUT2D eigenvalue weighted by molar-refractivity contribution is -0.144. The average molecular weight is 633 g/mol. The Balaban J connectivity index is 1.89. The third-order valence-corrected chi connectivity index (χ3v) is 8.59. The van der Waals surface area contributed by atoms with Gasteiger partial charge in [-0.15, -0.1) is 0 Å². The second kappa shape index (κ2) is 16.4. The Labute approximate surface area is 250 Å². The van der Waals surface area contributed by atoms with E-state index in [1.165, 1.54) is 7.11 Å². The number of methoxy groups -OCH3 is 1. The van der Waals surface area contributed by atoms with Crippen LogP contribution in [-0.2, 0) is 53.3 Å². The molecule has 2 rings (SSSR count). The SMILES string of the molecule is COC(=O)CCNC(=O)[C@@H]1O[P@@](=O)(OCOC(=O)N[C@H](COCc2ccccc2)CSC(=O)C(C)(C)C)OCC1(C)C. The lowest BCUT2D eigenvalue weighted by Gasteiger charge is -2.39. The molecular formula is C27H41N2O11PS. The van der Waals surface area contributed by atoms with Crippen LogP contribution in [0.15, 0.2) is 30.3 Å². The Hall–Kier alpha value is -2.48. The number of ether oxygens (including phenoxy) is 3. The fraction of sp³-hybridized carbons (Fsp3) is 0.630. The molecule has 2 amide bonds. The minimum atomic E-state index is -4.28. The Morgan fingerprint density at radius 2 is 1.86 bits per heavy atom. The number of carbonyl (C=O) groups excluding carboxylic acids is 4. The van der Waals surface area contributed by atoms with Gasteiger partial charge in [-0.2, -0.15) is 0 Å². The van der Waals surface area contributed by atoms with Crippen molar-refractivity contribution in [3.8, 4) is 0 Å². The molecule has 2 N–H and O–H groups in total. The highest BCUT2D eigenvalue weighted by Gasteiger charge is 2.49. The lowest BCUT2D eigenvalue weighted by atomic mass is 9.87. The van der Waals surface area contributed by atoms with E-state index in [0.717, 1.165) is 17.3 Å². The first-order valence-corrected chi connectivity index (χ1v) is 15.7. The molecule has 0 saturated carbocycles. The van der Waals surface area contributed by atoms with E-state index >= 15 is 0 Å². The average Bonchev–Trinajstić information content (AvgIpc) is 2.92. The maximum atomic E-state index is 13.0. The van der Waals surface area contributed by atoms with E-state index in [9.17, 15) is 23.7 Å². The maximum absolute atomic E-state index is 13.0. The largest absolute Gasteiger partial charge is 0.478 e. The predicted octanol–water partition coefficient (Wildman–Crippen LogP) is 3.81. The number of esters is 1. The van der Waals surface area contributed by atoms with Crippen molar-refractivity contribution in [1.82, 2.24) is 10.6 Å². The Morgan fingerprint density at radius 1 is 1.17 bits per heavy atom. The van der Waals surface area contributed by atoms with Crippen LogP contribution in [0.1, 0.15) is 46.6 Å². The van der Waals surface area contributed by atoms with Gasteiger partial charge in [0.2, 0.25) is 12.7 Å². The summed E-state index contributed by atoms with van der Waals surface area (Å²) in [5.41, 5.74) is -0.493. The van der Waals surface area contributed by atoms with Crippen molar-refractivity contribution in [3.63, 3.8) is 0 Å². The van der Waals surface area contributed by atoms with Crippen molar-refractivity contribution in [2.24, 2.45) is 10.8 Å². The third kappa shape index (κ3) is 12.4. The zero-order chi connectivity index (χ0) is 31.4. The van der Waals surface area contributed by atoms with Crippen LogP contribution in [0.4, 0.5) is 4.79 Å². The van der Waals surface area contributed by atoms with Gasteiger partial charge in [-0.05, 0) is 5.56 Å². The summed E-state index contributed by atoms with van der Waals surface area (Å²) in [5, 5.41) is 5.11. The van der Waals surface area contributed by atoms with Crippen molar-refractivity contribution in [2.45, 2.75) is 59.8 Å². The van der Waals surface area contributed by atoms with Gasteiger partial charge in [0.05, 0.1) is 39.4 Å². The molecule has 0 bridgehead atoms. The summed E-state index contributed by atoms with van der Waals surface area (Å²) in [5.74, 6) is -0.889. The molecule has 1 heterocycles. The van der Waals surface area contributed by atoms with Crippen LogP contribution in [-0.4, -0.2) is 74.6 Å². The van der Waals surface area contributed by atoms with E-state index < -0.39 is 55.6 Å². The first-order valence-electron chi connectivity index (χ1n) is 13.3. The van der Waals surface area contributed by atoms with Gasteiger partial charge < -0.3 is 24.8 Å². The summed E-state index contributed by atoms with van der Waals surface area (Å²) in [6, 6.07) is 8.88. The van der Waals surface area contributed by atoms with Crippen molar-refractivity contribution >= 4 is 42.7 Å². The maximum Gasteiger partial charge on any atom is 0.478 e. The molecule has 3 atom stereocenters. The van der Waals surface area contributed by atoms with Crippen LogP contribution in [0.5, 0.6) is 0 Å². The number of phosphoric acid groups is 1. The Morgan fingerprint density at radius 3 is 2.50 bits per heavy atom. The van der Waals surface area contributed by atoms with Crippen molar-refractivity contribution < 1.29 is 51.5 Å². The number of benzene rings is 1. The number of hydrogen-bond donors (Lipinski definition) is 2. The van der Waals surface area contributed by atoms with Crippen LogP contribution < -0.4 is 10.6 Å². The molecule has 1 aromatic rings. The van der Waals surface area contributed by atoms with Crippen LogP contribution in [0.3, 0.4) is 0 Å². The summed E-state index contributed by atoms with van der Waals surface area (Å²) in [6.45, 7) is 8.21. The molecule has 0 aliphatic carbocycles. The molecule has 1 aromatic carbocycles. The van der Waals surface area contributed by atoms with E-state index in [4.69, 9.17) is 23.0 Å². The fourth-order valence-corrected chi connectivity index (χ4v) is 5.82. The molecule has 0 aromatic heterocycles.